The fraction of sp³-hybridized carbons (Fsp3) is 0.154. The molecule has 5 nitrogen and oxygen atoms in total. The van der Waals surface area contributed by atoms with Gasteiger partial charge in [0.05, 0.1) is 12.1 Å². The molecule has 158 valence electrons. The second-order valence-electron chi connectivity index (χ2n) is 8.04. The van der Waals surface area contributed by atoms with Gasteiger partial charge in [0, 0.05) is 23.1 Å². The number of hydrogen-bond acceptors (Lipinski definition) is 5. The van der Waals surface area contributed by atoms with Crippen LogP contribution in [-0.2, 0) is 17.6 Å². The van der Waals surface area contributed by atoms with Gasteiger partial charge in [0.15, 0.2) is 5.78 Å². The summed E-state index contributed by atoms with van der Waals surface area (Å²) in [5.41, 5.74) is 3.15. The molecule has 4 aromatic rings. The lowest BCUT2D eigenvalue weighted by Gasteiger charge is -2.21. The van der Waals surface area contributed by atoms with Crippen LogP contribution in [0.25, 0.3) is 11.5 Å². The van der Waals surface area contributed by atoms with Crippen molar-refractivity contribution >= 4 is 11.5 Å². The number of halogens is 1. The molecule has 1 aromatic heterocycles. The Morgan fingerprint density at radius 2 is 1.62 bits per heavy atom. The zero-order valence-electron chi connectivity index (χ0n) is 17.5. The molecular weight excluding hydrogens is 405 g/mol. The number of carbonyl (C=O) groups excluding carboxylic acids is 1. The molecule has 1 aliphatic heterocycles. The number of aliphatic imine (C=N–C) groups is 1. The predicted molar refractivity (Wildman–Crippen MR) is 119 cm³/mol. The number of benzene rings is 3. The van der Waals surface area contributed by atoms with Crippen molar-refractivity contribution in [3.8, 4) is 11.5 Å². The first-order valence-corrected chi connectivity index (χ1v) is 10.4. The molecule has 0 bridgehead atoms. The van der Waals surface area contributed by atoms with Crippen molar-refractivity contribution in [3.05, 3.63) is 107 Å². The summed E-state index contributed by atoms with van der Waals surface area (Å²) in [4.78, 5) is 18.3. The van der Waals surface area contributed by atoms with Crippen LogP contribution in [0.2, 0.25) is 0 Å². The molecule has 0 radical (unpaired) electrons. The minimum atomic E-state index is -1.07. The minimum absolute atomic E-state index is 0.0163. The van der Waals surface area contributed by atoms with E-state index in [2.05, 4.69) is 10.2 Å². The first-order chi connectivity index (χ1) is 15.5. The van der Waals surface area contributed by atoms with Crippen LogP contribution in [0.5, 0.6) is 0 Å². The summed E-state index contributed by atoms with van der Waals surface area (Å²) in [6.07, 6.45) is 0.440. The Morgan fingerprint density at radius 3 is 2.41 bits per heavy atom. The van der Waals surface area contributed by atoms with E-state index in [0.717, 1.165) is 22.4 Å². The number of Topliss-reactive ketones (excluding diaryl/α,β-unsaturated/α-hetero) is 1. The summed E-state index contributed by atoms with van der Waals surface area (Å²) in [6.45, 7) is 1.81. The number of ketones is 1. The standard InChI is InChI=1S/C26H20FN3O2/c1-26(16-23-29-30-25(32-23)18-11-13-20(27)14-12-18)22(31)15-19-9-5-6-10-21(19)24(28-26)17-7-3-2-4-8-17/h2-14H,15-16H2,1H3/t26-/m1/s1. The van der Waals surface area contributed by atoms with Gasteiger partial charge in [0.25, 0.3) is 0 Å². The van der Waals surface area contributed by atoms with Crippen molar-refractivity contribution in [2.75, 3.05) is 0 Å². The van der Waals surface area contributed by atoms with E-state index < -0.39 is 5.54 Å². The zero-order chi connectivity index (χ0) is 22.1. The number of rotatable bonds is 4. The van der Waals surface area contributed by atoms with Gasteiger partial charge in [0.1, 0.15) is 11.4 Å². The van der Waals surface area contributed by atoms with E-state index in [-0.39, 0.29) is 30.3 Å². The molecule has 6 heteroatoms. The molecule has 0 fully saturated rings. The van der Waals surface area contributed by atoms with Gasteiger partial charge >= 0.3 is 0 Å². The molecule has 1 aliphatic rings. The summed E-state index contributed by atoms with van der Waals surface area (Å²) >= 11 is 0. The van der Waals surface area contributed by atoms with Crippen LogP contribution >= 0.6 is 0 Å². The molecule has 3 aromatic carbocycles. The molecule has 0 amide bonds. The van der Waals surface area contributed by atoms with Crippen molar-refractivity contribution < 1.29 is 13.6 Å². The van der Waals surface area contributed by atoms with Crippen LogP contribution in [0.15, 0.2) is 88.3 Å². The molecule has 32 heavy (non-hydrogen) atoms. The third kappa shape index (κ3) is 3.75. The van der Waals surface area contributed by atoms with Gasteiger partial charge in [-0.3, -0.25) is 9.79 Å². The van der Waals surface area contributed by atoms with E-state index in [1.807, 2.05) is 61.5 Å². The molecule has 1 atom stereocenters. The molecule has 0 saturated carbocycles. The zero-order valence-corrected chi connectivity index (χ0v) is 17.5. The van der Waals surface area contributed by atoms with Crippen molar-refractivity contribution in [1.29, 1.82) is 0 Å². The molecule has 0 saturated heterocycles. The van der Waals surface area contributed by atoms with Crippen LogP contribution < -0.4 is 0 Å². The minimum Gasteiger partial charge on any atom is -0.421 e. The van der Waals surface area contributed by atoms with Crippen molar-refractivity contribution in [1.82, 2.24) is 10.2 Å². The topological polar surface area (TPSA) is 68.3 Å². The molecule has 0 spiro atoms. The Hall–Kier alpha value is -3.93. The Morgan fingerprint density at radius 1 is 0.906 bits per heavy atom. The number of aromatic nitrogens is 2. The van der Waals surface area contributed by atoms with Gasteiger partial charge in [-0.15, -0.1) is 10.2 Å². The smallest absolute Gasteiger partial charge is 0.247 e. The first kappa shape index (κ1) is 20.0. The van der Waals surface area contributed by atoms with Gasteiger partial charge in [-0.1, -0.05) is 54.6 Å². The van der Waals surface area contributed by atoms with E-state index in [9.17, 15) is 9.18 Å². The van der Waals surface area contributed by atoms with E-state index in [4.69, 9.17) is 9.41 Å². The van der Waals surface area contributed by atoms with Crippen LogP contribution in [0.4, 0.5) is 4.39 Å². The SMILES string of the molecule is C[C@]1(Cc2nnc(-c3ccc(F)cc3)o2)N=C(c2ccccc2)c2ccccc2CC1=O. The van der Waals surface area contributed by atoms with Crippen LogP contribution in [-0.4, -0.2) is 27.2 Å². The highest BCUT2D eigenvalue weighted by molar-refractivity contribution is 6.16. The molecule has 0 aliphatic carbocycles. The molecule has 2 heterocycles. The Labute approximate surface area is 184 Å². The number of nitrogens with zero attached hydrogens (tertiary/aromatic N) is 3. The maximum atomic E-state index is 13.4. The Bertz CT molecular complexity index is 1310. The van der Waals surface area contributed by atoms with Gasteiger partial charge in [-0.2, -0.15) is 0 Å². The lowest BCUT2D eigenvalue weighted by molar-refractivity contribution is -0.122. The highest BCUT2D eigenvalue weighted by Crippen LogP contribution is 2.30. The van der Waals surface area contributed by atoms with Gasteiger partial charge < -0.3 is 4.42 Å². The second kappa shape index (κ2) is 7.96. The number of carbonyl (C=O) groups is 1. The average Bonchev–Trinajstić information content (AvgIpc) is 3.23. The summed E-state index contributed by atoms with van der Waals surface area (Å²) in [5, 5.41) is 8.21. The summed E-state index contributed by atoms with van der Waals surface area (Å²) in [6, 6.07) is 23.5. The lowest BCUT2D eigenvalue weighted by atomic mass is 9.89. The fourth-order valence-corrected chi connectivity index (χ4v) is 3.92. The van der Waals surface area contributed by atoms with Gasteiger partial charge in [0.2, 0.25) is 11.8 Å². The van der Waals surface area contributed by atoms with E-state index in [1.165, 1.54) is 12.1 Å². The van der Waals surface area contributed by atoms with Crippen LogP contribution in [0.3, 0.4) is 0 Å². The van der Waals surface area contributed by atoms with Crippen LogP contribution in [0.1, 0.15) is 29.5 Å². The van der Waals surface area contributed by atoms with E-state index in [0.29, 0.717) is 11.5 Å². The third-order valence-corrected chi connectivity index (χ3v) is 5.68. The molecule has 0 N–H and O–H groups in total. The fourth-order valence-electron chi connectivity index (χ4n) is 3.92. The Kier molecular flexibility index (Phi) is 4.98. The predicted octanol–water partition coefficient (Wildman–Crippen LogP) is 4.84. The van der Waals surface area contributed by atoms with Gasteiger partial charge in [-0.25, -0.2) is 4.39 Å². The average molecular weight is 425 g/mol. The molecule has 5 rings (SSSR count). The third-order valence-electron chi connectivity index (χ3n) is 5.68. The molecular formula is C26H20FN3O2. The highest BCUT2D eigenvalue weighted by atomic mass is 19.1. The van der Waals surface area contributed by atoms with Crippen LogP contribution in [0, 0.1) is 5.82 Å². The second-order valence-corrected chi connectivity index (χ2v) is 8.04. The summed E-state index contributed by atoms with van der Waals surface area (Å²) in [5.74, 6) is 0.229. The van der Waals surface area contributed by atoms with Crippen molar-refractivity contribution in [3.63, 3.8) is 0 Å². The maximum absolute atomic E-state index is 13.4. The molecule has 0 unspecified atom stereocenters. The highest BCUT2D eigenvalue weighted by Gasteiger charge is 2.38. The Balaban J connectivity index is 1.54. The normalized spacial score (nSPS) is 18.1. The van der Waals surface area contributed by atoms with Crippen molar-refractivity contribution in [2.45, 2.75) is 25.3 Å². The van der Waals surface area contributed by atoms with Gasteiger partial charge in [-0.05, 0) is 36.8 Å². The lowest BCUT2D eigenvalue weighted by Crippen LogP contribution is -2.37. The van der Waals surface area contributed by atoms with E-state index >= 15 is 0 Å². The summed E-state index contributed by atoms with van der Waals surface area (Å²) in [7, 11) is 0. The maximum Gasteiger partial charge on any atom is 0.247 e. The quantitative estimate of drug-likeness (QED) is 0.469. The first-order valence-electron chi connectivity index (χ1n) is 10.4. The largest absolute Gasteiger partial charge is 0.421 e. The number of fused-ring (bicyclic) bond motifs is 1. The van der Waals surface area contributed by atoms with Crippen molar-refractivity contribution in [2.24, 2.45) is 4.99 Å². The summed E-state index contributed by atoms with van der Waals surface area (Å²) < 4.78 is 19.0. The number of hydrogen-bond donors (Lipinski definition) is 0. The van der Waals surface area contributed by atoms with E-state index in [1.54, 1.807) is 12.1 Å². The monoisotopic (exact) mass is 425 g/mol.